The van der Waals surface area contributed by atoms with Gasteiger partial charge >= 0.3 is 6.03 Å². The SMILES string of the molecule is NC(=O)NCc1cnccc1-c1cccc(S(=O)(=O)c2cccc3c2OCO3)c1. The fourth-order valence-electron chi connectivity index (χ4n) is 3.10. The fourth-order valence-corrected chi connectivity index (χ4v) is 4.56. The third kappa shape index (κ3) is 3.59. The van der Waals surface area contributed by atoms with Crippen LogP contribution in [-0.2, 0) is 16.4 Å². The quantitative estimate of drug-likeness (QED) is 0.665. The van der Waals surface area contributed by atoms with Gasteiger partial charge in [0.05, 0.1) is 4.90 Å². The number of urea groups is 1. The van der Waals surface area contributed by atoms with E-state index >= 15 is 0 Å². The maximum atomic E-state index is 13.3. The lowest BCUT2D eigenvalue weighted by molar-refractivity contribution is 0.172. The maximum absolute atomic E-state index is 13.3. The number of primary amides is 1. The van der Waals surface area contributed by atoms with Crippen molar-refractivity contribution in [2.45, 2.75) is 16.3 Å². The molecule has 2 amide bonds. The zero-order valence-corrected chi connectivity index (χ0v) is 16.0. The molecule has 0 atom stereocenters. The van der Waals surface area contributed by atoms with Crippen molar-refractivity contribution in [3.63, 3.8) is 0 Å². The lowest BCUT2D eigenvalue weighted by atomic mass is 10.0. The van der Waals surface area contributed by atoms with Crippen LogP contribution < -0.4 is 20.5 Å². The molecule has 1 aromatic heterocycles. The predicted molar refractivity (Wildman–Crippen MR) is 104 cm³/mol. The van der Waals surface area contributed by atoms with E-state index in [0.29, 0.717) is 16.9 Å². The summed E-state index contributed by atoms with van der Waals surface area (Å²) < 4.78 is 37.2. The molecule has 9 heteroatoms. The number of carbonyl (C=O) groups excluding carboxylic acids is 1. The van der Waals surface area contributed by atoms with Gasteiger partial charge in [-0.15, -0.1) is 0 Å². The number of nitrogens with zero attached hydrogens (tertiary/aromatic N) is 1. The minimum Gasteiger partial charge on any atom is -0.454 e. The molecule has 8 nitrogen and oxygen atoms in total. The van der Waals surface area contributed by atoms with Gasteiger partial charge in [0, 0.05) is 18.9 Å². The molecule has 2 aromatic carbocycles. The number of rotatable bonds is 5. The van der Waals surface area contributed by atoms with Crippen LogP contribution in [0.25, 0.3) is 11.1 Å². The maximum Gasteiger partial charge on any atom is 0.312 e. The molecule has 0 unspecified atom stereocenters. The highest BCUT2D eigenvalue weighted by atomic mass is 32.2. The molecule has 3 N–H and O–H groups in total. The van der Waals surface area contributed by atoms with Crippen LogP contribution in [0, 0.1) is 0 Å². The molecule has 0 saturated heterocycles. The van der Waals surface area contributed by atoms with Gasteiger partial charge in [-0.3, -0.25) is 4.98 Å². The lowest BCUT2D eigenvalue weighted by Crippen LogP contribution is -2.28. The number of pyridine rings is 1. The zero-order chi connectivity index (χ0) is 20.4. The van der Waals surface area contributed by atoms with E-state index in [4.69, 9.17) is 15.2 Å². The van der Waals surface area contributed by atoms with Crippen molar-refractivity contribution >= 4 is 15.9 Å². The molecule has 148 valence electrons. The van der Waals surface area contributed by atoms with Crippen LogP contribution in [-0.4, -0.2) is 26.2 Å². The summed E-state index contributed by atoms with van der Waals surface area (Å²) in [5, 5.41) is 2.52. The van der Waals surface area contributed by atoms with E-state index in [1.54, 1.807) is 48.8 Å². The topological polar surface area (TPSA) is 121 Å². The first-order chi connectivity index (χ1) is 14.0. The first-order valence-corrected chi connectivity index (χ1v) is 10.2. The highest BCUT2D eigenvalue weighted by Crippen LogP contribution is 2.40. The van der Waals surface area contributed by atoms with E-state index in [1.807, 2.05) is 0 Å². The summed E-state index contributed by atoms with van der Waals surface area (Å²) >= 11 is 0. The molecular weight excluding hydrogens is 394 g/mol. The highest BCUT2D eigenvalue weighted by molar-refractivity contribution is 7.91. The van der Waals surface area contributed by atoms with Crippen LogP contribution in [0.1, 0.15) is 5.56 Å². The lowest BCUT2D eigenvalue weighted by Gasteiger charge is -2.12. The smallest absolute Gasteiger partial charge is 0.312 e. The van der Waals surface area contributed by atoms with E-state index in [0.717, 1.165) is 5.56 Å². The first kappa shape index (κ1) is 18.8. The van der Waals surface area contributed by atoms with E-state index in [2.05, 4.69) is 10.3 Å². The van der Waals surface area contributed by atoms with Crippen molar-refractivity contribution in [3.8, 4) is 22.6 Å². The Morgan fingerprint density at radius 3 is 2.79 bits per heavy atom. The number of nitrogens with one attached hydrogen (secondary N) is 1. The summed E-state index contributed by atoms with van der Waals surface area (Å²) in [5.41, 5.74) is 7.26. The monoisotopic (exact) mass is 411 g/mol. The number of aromatic nitrogens is 1. The van der Waals surface area contributed by atoms with Crippen LogP contribution in [0.4, 0.5) is 4.79 Å². The predicted octanol–water partition coefficient (Wildman–Crippen LogP) is 2.48. The summed E-state index contributed by atoms with van der Waals surface area (Å²) in [7, 11) is -3.84. The van der Waals surface area contributed by atoms with Gasteiger partial charge in [0.25, 0.3) is 0 Å². The van der Waals surface area contributed by atoms with Crippen molar-refractivity contribution in [1.29, 1.82) is 0 Å². The Labute approximate surface area is 167 Å². The van der Waals surface area contributed by atoms with Crippen molar-refractivity contribution in [2.24, 2.45) is 5.73 Å². The van der Waals surface area contributed by atoms with Gasteiger partial charge in [-0.2, -0.15) is 0 Å². The molecule has 3 aromatic rings. The van der Waals surface area contributed by atoms with Gasteiger partial charge < -0.3 is 20.5 Å². The standard InChI is InChI=1S/C20H17N3O5S/c21-20(24)23-11-14-10-22-8-7-16(14)13-3-1-4-15(9-13)29(25,26)18-6-2-5-17-19(18)28-12-27-17/h1-10H,11-12H2,(H3,21,23,24). The number of hydrogen-bond acceptors (Lipinski definition) is 6. The zero-order valence-electron chi connectivity index (χ0n) is 15.2. The molecule has 0 saturated carbocycles. The molecule has 0 aliphatic carbocycles. The summed E-state index contributed by atoms with van der Waals surface area (Å²) in [6.45, 7) is 0.155. The number of carbonyl (C=O) groups is 1. The minimum atomic E-state index is -3.84. The molecule has 0 bridgehead atoms. The summed E-state index contributed by atoms with van der Waals surface area (Å²) in [5.74, 6) is 0.615. The summed E-state index contributed by atoms with van der Waals surface area (Å²) in [6, 6.07) is 12.4. The molecule has 1 aliphatic rings. The number of hydrogen-bond donors (Lipinski definition) is 2. The van der Waals surface area contributed by atoms with Crippen molar-refractivity contribution in [2.75, 3.05) is 6.79 Å². The second-order valence-electron chi connectivity index (χ2n) is 6.27. The number of nitrogens with two attached hydrogens (primary N) is 1. The highest BCUT2D eigenvalue weighted by Gasteiger charge is 2.28. The molecule has 1 aliphatic heterocycles. The number of para-hydroxylation sites is 1. The third-order valence-corrected chi connectivity index (χ3v) is 6.24. The average Bonchev–Trinajstić information content (AvgIpc) is 3.21. The molecule has 2 heterocycles. The Morgan fingerprint density at radius 1 is 1.14 bits per heavy atom. The molecule has 0 fully saturated rings. The Hall–Kier alpha value is -3.59. The normalized spacial score (nSPS) is 12.6. The van der Waals surface area contributed by atoms with E-state index in [9.17, 15) is 13.2 Å². The molecule has 29 heavy (non-hydrogen) atoms. The Kier molecular flexibility index (Phi) is 4.81. The van der Waals surface area contributed by atoms with Crippen molar-refractivity contribution in [1.82, 2.24) is 10.3 Å². The second-order valence-corrected chi connectivity index (χ2v) is 8.19. The van der Waals surface area contributed by atoms with E-state index in [-0.39, 0.29) is 28.9 Å². The third-order valence-electron chi connectivity index (χ3n) is 4.46. The largest absolute Gasteiger partial charge is 0.454 e. The molecule has 4 rings (SSSR count). The van der Waals surface area contributed by atoms with Gasteiger partial charge in [-0.25, -0.2) is 13.2 Å². The van der Waals surface area contributed by atoms with E-state index < -0.39 is 15.9 Å². The van der Waals surface area contributed by atoms with Gasteiger partial charge in [0.1, 0.15) is 4.90 Å². The van der Waals surface area contributed by atoms with Crippen LogP contribution in [0.2, 0.25) is 0 Å². The summed E-state index contributed by atoms with van der Waals surface area (Å²) in [6.07, 6.45) is 3.20. The molecule has 0 radical (unpaired) electrons. The number of amides is 2. The number of benzene rings is 2. The van der Waals surface area contributed by atoms with Gasteiger partial charge in [-0.1, -0.05) is 18.2 Å². The van der Waals surface area contributed by atoms with Crippen molar-refractivity contribution < 1.29 is 22.7 Å². The molecule has 0 spiro atoms. The number of fused-ring (bicyclic) bond motifs is 1. The van der Waals surface area contributed by atoms with Gasteiger partial charge in [0.15, 0.2) is 11.5 Å². The average molecular weight is 411 g/mol. The fraction of sp³-hybridized carbons (Fsp3) is 0.100. The second kappa shape index (κ2) is 7.44. The van der Waals surface area contributed by atoms with Gasteiger partial charge in [0.2, 0.25) is 16.6 Å². The van der Waals surface area contributed by atoms with Gasteiger partial charge in [-0.05, 0) is 47.0 Å². The first-order valence-electron chi connectivity index (χ1n) is 8.67. The van der Waals surface area contributed by atoms with Crippen LogP contribution >= 0.6 is 0 Å². The Bertz CT molecular complexity index is 1190. The minimum absolute atomic E-state index is 0.0187. The number of sulfone groups is 1. The van der Waals surface area contributed by atoms with Crippen LogP contribution in [0.5, 0.6) is 11.5 Å². The summed E-state index contributed by atoms with van der Waals surface area (Å²) in [4.78, 5) is 15.3. The Balaban J connectivity index is 1.76. The molecular formula is C20H17N3O5S. The van der Waals surface area contributed by atoms with Crippen molar-refractivity contribution in [3.05, 3.63) is 66.5 Å². The Morgan fingerprint density at radius 2 is 1.97 bits per heavy atom. The van der Waals surface area contributed by atoms with Crippen LogP contribution in [0.15, 0.2) is 70.7 Å². The number of ether oxygens (including phenoxy) is 2. The van der Waals surface area contributed by atoms with Crippen LogP contribution in [0.3, 0.4) is 0 Å². The van der Waals surface area contributed by atoms with E-state index in [1.165, 1.54) is 12.1 Å².